The molecule has 4 amide bonds. The maximum absolute atomic E-state index is 13.1. The molecule has 0 aliphatic carbocycles. The first-order valence-electron chi connectivity index (χ1n) is 12.5. The van der Waals surface area contributed by atoms with E-state index in [9.17, 15) is 22.8 Å². The molecule has 0 saturated heterocycles. The summed E-state index contributed by atoms with van der Waals surface area (Å²) in [5, 5.41) is 5.24. The number of benzene rings is 1. The number of sulfonamides is 1. The minimum absolute atomic E-state index is 0.120. The van der Waals surface area contributed by atoms with Crippen molar-refractivity contribution in [3.8, 4) is 0 Å². The average molecular weight is 550 g/mol. The lowest BCUT2D eigenvalue weighted by molar-refractivity contribution is 0.0965. The van der Waals surface area contributed by atoms with E-state index in [2.05, 4.69) is 22.5 Å². The fourth-order valence-corrected chi connectivity index (χ4v) is 7.33. The van der Waals surface area contributed by atoms with Crippen LogP contribution in [-0.4, -0.2) is 61.6 Å². The van der Waals surface area contributed by atoms with Gasteiger partial charge in [0.1, 0.15) is 5.00 Å². The number of carbonyl (C=O) groups is 3. The molecule has 202 valence electrons. The molecule has 0 unspecified atom stereocenters. The van der Waals surface area contributed by atoms with Gasteiger partial charge in [0, 0.05) is 36.6 Å². The smallest absolute Gasteiger partial charge is 0.319 e. The number of imide groups is 1. The Bertz CT molecular complexity index is 1230. The van der Waals surface area contributed by atoms with Gasteiger partial charge in [0.05, 0.1) is 10.5 Å². The highest BCUT2D eigenvalue weighted by atomic mass is 32.2. The Morgan fingerprint density at radius 2 is 1.68 bits per heavy atom. The summed E-state index contributed by atoms with van der Waals surface area (Å²) in [6, 6.07) is 4.79. The average Bonchev–Trinajstić information content (AvgIpc) is 3.20. The van der Waals surface area contributed by atoms with Crippen molar-refractivity contribution in [2.45, 2.75) is 57.9 Å². The number of hydrogen-bond donors (Lipinski definition) is 3. The number of nitrogens with zero attached hydrogens (tertiary/aromatic N) is 2. The normalized spacial score (nSPS) is 13.8. The molecule has 0 radical (unpaired) electrons. The topological polar surface area (TPSA) is 142 Å². The number of nitrogens with one attached hydrogen (secondary N) is 2. The van der Waals surface area contributed by atoms with Crippen molar-refractivity contribution < 1.29 is 22.8 Å². The molecule has 3 rings (SSSR count). The molecule has 2 heterocycles. The van der Waals surface area contributed by atoms with E-state index in [1.165, 1.54) is 39.9 Å². The van der Waals surface area contributed by atoms with E-state index in [1.54, 1.807) is 0 Å². The first-order chi connectivity index (χ1) is 17.6. The van der Waals surface area contributed by atoms with Crippen molar-refractivity contribution in [1.82, 2.24) is 14.5 Å². The Morgan fingerprint density at radius 3 is 2.24 bits per heavy atom. The van der Waals surface area contributed by atoms with Crippen LogP contribution in [-0.2, 0) is 23.0 Å². The van der Waals surface area contributed by atoms with Gasteiger partial charge in [-0.2, -0.15) is 4.31 Å². The molecule has 1 aliphatic rings. The van der Waals surface area contributed by atoms with Gasteiger partial charge in [0.2, 0.25) is 10.0 Å². The maximum Gasteiger partial charge on any atom is 0.319 e. The Kier molecular flexibility index (Phi) is 9.82. The lowest BCUT2D eigenvalue weighted by atomic mass is 10.0. The molecule has 0 saturated carbocycles. The Labute approximate surface area is 222 Å². The lowest BCUT2D eigenvalue weighted by Crippen LogP contribution is -2.36. The summed E-state index contributed by atoms with van der Waals surface area (Å²) < 4.78 is 27.5. The second-order valence-electron chi connectivity index (χ2n) is 8.94. The molecule has 1 aliphatic heterocycles. The third-order valence-corrected chi connectivity index (χ3v) is 9.11. The van der Waals surface area contributed by atoms with Crippen molar-refractivity contribution in [2.24, 2.45) is 5.73 Å². The third-order valence-electron chi connectivity index (χ3n) is 6.07. The standard InChI is InChI=1S/C25H35N5O5S2/c1-4-12-29-15-11-19-20(16-29)36-24(21(19)23(32)28-25(26)33)27-22(31)17-7-9-18(10-8-17)37(34,35)30(13-5-2)14-6-3/h7-10H,4-6,11-16H2,1-3H3,(H,27,31)(H3,26,28,32,33). The van der Waals surface area contributed by atoms with Gasteiger partial charge >= 0.3 is 6.03 Å². The minimum Gasteiger partial charge on any atom is -0.351 e. The highest BCUT2D eigenvalue weighted by Crippen LogP contribution is 2.37. The predicted molar refractivity (Wildman–Crippen MR) is 144 cm³/mol. The number of anilines is 1. The first kappa shape index (κ1) is 28.8. The lowest BCUT2D eigenvalue weighted by Gasteiger charge is -2.26. The summed E-state index contributed by atoms with van der Waals surface area (Å²) in [4.78, 5) is 40.6. The zero-order valence-corrected chi connectivity index (χ0v) is 23.1. The molecule has 2 aromatic rings. The van der Waals surface area contributed by atoms with E-state index in [1.807, 2.05) is 13.8 Å². The molecule has 1 aromatic carbocycles. The molecule has 10 nitrogen and oxygen atoms in total. The van der Waals surface area contributed by atoms with Crippen LogP contribution in [0.3, 0.4) is 0 Å². The predicted octanol–water partition coefficient (Wildman–Crippen LogP) is 3.39. The quantitative estimate of drug-likeness (QED) is 0.392. The minimum atomic E-state index is -3.67. The summed E-state index contributed by atoms with van der Waals surface area (Å²) in [7, 11) is -3.67. The van der Waals surface area contributed by atoms with Crippen LogP contribution in [0.4, 0.5) is 9.80 Å². The number of fused-ring (bicyclic) bond motifs is 1. The van der Waals surface area contributed by atoms with Crippen molar-refractivity contribution in [3.63, 3.8) is 0 Å². The van der Waals surface area contributed by atoms with Gasteiger partial charge < -0.3 is 11.1 Å². The van der Waals surface area contributed by atoms with Gasteiger partial charge in [-0.25, -0.2) is 13.2 Å². The van der Waals surface area contributed by atoms with Crippen LogP contribution in [0, 0.1) is 0 Å². The van der Waals surface area contributed by atoms with Crippen LogP contribution in [0.25, 0.3) is 0 Å². The molecule has 37 heavy (non-hydrogen) atoms. The number of thiophene rings is 1. The second-order valence-corrected chi connectivity index (χ2v) is 12.0. The molecule has 1 aromatic heterocycles. The van der Waals surface area contributed by atoms with Crippen molar-refractivity contribution >= 4 is 44.2 Å². The van der Waals surface area contributed by atoms with Gasteiger partial charge in [-0.15, -0.1) is 11.3 Å². The van der Waals surface area contributed by atoms with E-state index in [-0.39, 0.29) is 16.0 Å². The van der Waals surface area contributed by atoms with Crippen LogP contribution in [0.5, 0.6) is 0 Å². The molecular weight excluding hydrogens is 514 g/mol. The monoisotopic (exact) mass is 549 g/mol. The van der Waals surface area contributed by atoms with Crippen LogP contribution < -0.4 is 16.4 Å². The second kappa shape index (κ2) is 12.6. The summed E-state index contributed by atoms with van der Waals surface area (Å²) in [5.74, 6) is -1.14. The Hall–Kier alpha value is -2.80. The summed E-state index contributed by atoms with van der Waals surface area (Å²) in [5.41, 5.74) is 6.47. The van der Waals surface area contributed by atoms with E-state index in [0.717, 1.165) is 30.0 Å². The molecule has 0 atom stereocenters. The molecular formula is C25H35N5O5S2. The highest BCUT2D eigenvalue weighted by Gasteiger charge is 2.29. The van der Waals surface area contributed by atoms with Crippen molar-refractivity contribution in [2.75, 3.05) is 31.5 Å². The number of nitrogens with two attached hydrogens (primary N) is 1. The van der Waals surface area contributed by atoms with Gasteiger partial charge in [-0.05, 0) is 62.1 Å². The zero-order valence-electron chi connectivity index (χ0n) is 21.5. The number of amides is 4. The van der Waals surface area contributed by atoms with Gasteiger partial charge in [-0.3, -0.25) is 19.8 Å². The van der Waals surface area contributed by atoms with Crippen molar-refractivity contribution in [1.29, 1.82) is 0 Å². The summed E-state index contributed by atoms with van der Waals surface area (Å²) >= 11 is 1.30. The Balaban J connectivity index is 1.86. The number of urea groups is 1. The number of rotatable bonds is 11. The number of carbonyl (C=O) groups excluding carboxylic acids is 3. The SMILES string of the molecule is CCCN1CCc2c(sc(NC(=O)c3ccc(S(=O)(=O)N(CCC)CCC)cc3)c2C(=O)NC(N)=O)C1. The van der Waals surface area contributed by atoms with E-state index in [4.69, 9.17) is 5.73 Å². The number of hydrogen-bond acceptors (Lipinski definition) is 7. The van der Waals surface area contributed by atoms with Crippen LogP contribution in [0.15, 0.2) is 29.2 Å². The Morgan fingerprint density at radius 1 is 1.03 bits per heavy atom. The molecule has 0 fully saturated rings. The largest absolute Gasteiger partial charge is 0.351 e. The third kappa shape index (κ3) is 6.75. The van der Waals surface area contributed by atoms with Gasteiger partial charge in [0.25, 0.3) is 11.8 Å². The first-order valence-corrected chi connectivity index (χ1v) is 14.8. The fourth-order valence-electron chi connectivity index (χ4n) is 4.42. The van der Waals surface area contributed by atoms with E-state index >= 15 is 0 Å². The zero-order chi connectivity index (χ0) is 27.2. The summed E-state index contributed by atoms with van der Waals surface area (Å²) in [6.07, 6.45) is 3.01. The molecule has 12 heteroatoms. The van der Waals surface area contributed by atoms with Crippen LogP contribution in [0.1, 0.15) is 71.2 Å². The molecule has 4 N–H and O–H groups in total. The van der Waals surface area contributed by atoms with E-state index in [0.29, 0.717) is 43.9 Å². The highest BCUT2D eigenvalue weighted by molar-refractivity contribution is 7.89. The van der Waals surface area contributed by atoms with Gasteiger partial charge in [0.15, 0.2) is 0 Å². The molecule has 0 spiro atoms. The van der Waals surface area contributed by atoms with Crippen LogP contribution in [0.2, 0.25) is 0 Å². The fraction of sp³-hybridized carbons (Fsp3) is 0.480. The van der Waals surface area contributed by atoms with E-state index < -0.39 is 27.9 Å². The van der Waals surface area contributed by atoms with Crippen LogP contribution >= 0.6 is 11.3 Å². The maximum atomic E-state index is 13.1. The number of primary amides is 1. The van der Waals surface area contributed by atoms with Gasteiger partial charge in [-0.1, -0.05) is 20.8 Å². The van der Waals surface area contributed by atoms with Crippen molar-refractivity contribution in [3.05, 3.63) is 45.8 Å². The summed E-state index contributed by atoms with van der Waals surface area (Å²) in [6.45, 7) is 9.14. The molecule has 0 bridgehead atoms.